The first-order valence-corrected chi connectivity index (χ1v) is 11.2. The second-order valence-corrected chi connectivity index (χ2v) is 8.53. The van der Waals surface area contributed by atoms with E-state index in [1.165, 1.54) is 49.8 Å². The minimum absolute atomic E-state index is 0.0340. The number of hydrogen-bond donors (Lipinski definition) is 3. The minimum Gasteiger partial charge on any atom is -0.497 e. The number of sulfonamides is 1. The van der Waals surface area contributed by atoms with E-state index in [0.29, 0.717) is 11.4 Å². The Hall–Kier alpha value is -3.50. The normalized spacial score (nSPS) is 10.9. The molecule has 9 nitrogen and oxygen atoms in total. The summed E-state index contributed by atoms with van der Waals surface area (Å²) >= 11 is 6.08. The number of furan rings is 1. The Labute approximate surface area is 189 Å². The average Bonchev–Trinajstić information content (AvgIpc) is 3.32. The van der Waals surface area contributed by atoms with Crippen LogP contribution in [0.5, 0.6) is 5.75 Å². The predicted molar refractivity (Wildman–Crippen MR) is 119 cm³/mol. The lowest BCUT2D eigenvalue weighted by atomic mass is 10.2. The molecule has 32 heavy (non-hydrogen) atoms. The molecular weight excluding hydrogens is 458 g/mol. The summed E-state index contributed by atoms with van der Waals surface area (Å²) < 4.78 is 38.0. The molecule has 0 aliphatic carbocycles. The van der Waals surface area contributed by atoms with Gasteiger partial charge in [0.15, 0.2) is 5.76 Å². The van der Waals surface area contributed by atoms with Crippen molar-refractivity contribution in [2.45, 2.75) is 4.90 Å². The van der Waals surface area contributed by atoms with Crippen LogP contribution in [-0.2, 0) is 10.0 Å². The maximum atomic E-state index is 12.8. The summed E-state index contributed by atoms with van der Waals surface area (Å²) in [6.07, 6.45) is 1.38. The van der Waals surface area contributed by atoms with Crippen LogP contribution in [0.25, 0.3) is 0 Å². The van der Waals surface area contributed by atoms with Gasteiger partial charge in [0.25, 0.3) is 21.8 Å². The molecule has 0 aliphatic heterocycles. The Kier molecular flexibility index (Phi) is 7.39. The highest BCUT2D eigenvalue weighted by Gasteiger charge is 2.20. The highest BCUT2D eigenvalue weighted by atomic mass is 35.5. The summed E-state index contributed by atoms with van der Waals surface area (Å²) in [7, 11) is -2.55. The van der Waals surface area contributed by atoms with Gasteiger partial charge < -0.3 is 19.8 Å². The maximum Gasteiger partial charge on any atom is 0.287 e. The van der Waals surface area contributed by atoms with Gasteiger partial charge in [-0.15, -0.1) is 0 Å². The smallest absolute Gasteiger partial charge is 0.287 e. The third kappa shape index (κ3) is 5.80. The van der Waals surface area contributed by atoms with Crippen LogP contribution in [0.1, 0.15) is 20.9 Å². The molecule has 2 aromatic carbocycles. The number of benzene rings is 2. The van der Waals surface area contributed by atoms with Gasteiger partial charge in [0, 0.05) is 24.3 Å². The number of rotatable bonds is 9. The molecule has 0 bridgehead atoms. The summed E-state index contributed by atoms with van der Waals surface area (Å²) in [5.41, 5.74) is 0.408. The maximum absolute atomic E-state index is 12.8. The summed E-state index contributed by atoms with van der Waals surface area (Å²) in [5, 5.41) is 5.16. The van der Waals surface area contributed by atoms with E-state index in [9.17, 15) is 18.0 Å². The lowest BCUT2D eigenvalue weighted by Crippen LogP contribution is -2.34. The zero-order valence-corrected chi connectivity index (χ0v) is 18.5. The number of anilines is 1. The van der Waals surface area contributed by atoms with Crippen molar-refractivity contribution in [1.29, 1.82) is 0 Å². The summed E-state index contributed by atoms with van der Waals surface area (Å²) in [5.74, 6) is -0.193. The van der Waals surface area contributed by atoms with Gasteiger partial charge in [-0.05, 0) is 54.6 Å². The van der Waals surface area contributed by atoms with Crippen molar-refractivity contribution in [3.8, 4) is 5.75 Å². The number of hydrogen-bond acceptors (Lipinski definition) is 6. The number of carbonyl (C=O) groups excluding carboxylic acids is 2. The van der Waals surface area contributed by atoms with Crippen LogP contribution in [0, 0.1) is 0 Å². The molecule has 0 atom stereocenters. The fourth-order valence-electron chi connectivity index (χ4n) is 2.67. The number of nitrogens with one attached hydrogen (secondary N) is 3. The summed E-state index contributed by atoms with van der Waals surface area (Å²) in [4.78, 5) is 24.0. The van der Waals surface area contributed by atoms with Gasteiger partial charge in [-0.3, -0.25) is 14.3 Å². The van der Waals surface area contributed by atoms with Crippen molar-refractivity contribution in [2.24, 2.45) is 0 Å². The first kappa shape index (κ1) is 23.2. The molecule has 11 heteroatoms. The first-order valence-electron chi connectivity index (χ1n) is 9.36. The van der Waals surface area contributed by atoms with E-state index in [1.807, 2.05) is 0 Å². The van der Waals surface area contributed by atoms with E-state index in [1.54, 1.807) is 18.2 Å². The quantitative estimate of drug-likeness (QED) is 0.407. The molecule has 1 heterocycles. The van der Waals surface area contributed by atoms with Crippen LogP contribution < -0.4 is 20.1 Å². The molecular formula is C21H20ClN3O6S. The van der Waals surface area contributed by atoms with Crippen LogP contribution in [0.3, 0.4) is 0 Å². The van der Waals surface area contributed by atoms with E-state index in [4.69, 9.17) is 20.8 Å². The van der Waals surface area contributed by atoms with Crippen LogP contribution in [-0.4, -0.2) is 40.4 Å². The minimum atomic E-state index is -4.05. The molecule has 1 aromatic heterocycles. The molecule has 0 fully saturated rings. The van der Waals surface area contributed by atoms with Gasteiger partial charge in [0.1, 0.15) is 10.6 Å². The fourth-order valence-corrected chi connectivity index (χ4v) is 4.25. The van der Waals surface area contributed by atoms with Crippen LogP contribution >= 0.6 is 11.6 Å². The van der Waals surface area contributed by atoms with Crippen molar-refractivity contribution < 1.29 is 27.2 Å². The van der Waals surface area contributed by atoms with Gasteiger partial charge in [-0.25, -0.2) is 8.42 Å². The highest BCUT2D eigenvalue weighted by Crippen LogP contribution is 2.26. The third-order valence-corrected chi connectivity index (χ3v) is 6.13. The lowest BCUT2D eigenvalue weighted by molar-refractivity contribution is 0.0910. The van der Waals surface area contributed by atoms with Gasteiger partial charge in [-0.2, -0.15) is 0 Å². The van der Waals surface area contributed by atoms with Crippen LogP contribution in [0.2, 0.25) is 5.02 Å². The van der Waals surface area contributed by atoms with E-state index in [-0.39, 0.29) is 34.3 Å². The summed E-state index contributed by atoms with van der Waals surface area (Å²) in [6, 6.07) is 13.3. The predicted octanol–water partition coefficient (Wildman–Crippen LogP) is 2.90. The van der Waals surface area contributed by atoms with E-state index >= 15 is 0 Å². The molecule has 3 rings (SSSR count). The van der Waals surface area contributed by atoms with Gasteiger partial charge in [0.2, 0.25) is 0 Å². The molecule has 0 saturated carbocycles. The first-order chi connectivity index (χ1) is 15.3. The SMILES string of the molecule is COc1ccc(NS(=O)(=O)c2cc(C(=O)NCCNC(=O)c3ccco3)ccc2Cl)cc1. The largest absolute Gasteiger partial charge is 0.497 e. The molecule has 0 saturated heterocycles. The molecule has 3 aromatic rings. The number of ether oxygens (including phenoxy) is 1. The molecule has 0 radical (unpaired) electrons. The van der Waals surface area contributed by atoms with Gasteiger partial charge in [-0.1, -0.05) is 11.6 Å². The van der Waals surface area contributed by atoms with Crippen molar-refractivity contribution in [3.05, 3.63) is 77.2 Å². The molecule has 2 amide bonds. The second-order valence-electron chi connectivity index (χ2n) is 6.47. The Morgan fingerprint density at radius 2 is 1.69 bits per heavy atom. The number of amides is 2. The van der Waals surface area contributed by atoms with E-state index in [0.717, 1.165) is 0 Å². The molecule has 0 unspecified atom stereocenters. The number of carbonyl (C=O) groups is 2. The molecule has 3 N–H and O–H groups in total. The van der Waals surface area contributed by atoms with Crippen molar-refractivity contribution in [1.82, 2.24) is 10.6 Å². The Morgan fingerprint density at radius 3 is 2.31 bits per heavy atom. The monoisotopic (exact) mass is 477 g/mol. The second kappa shape index (κ2) is 10.2. The topological polar surface area (TPSA) is 127 Å². The number of halogens is 1. The van der Waals surface area contributed by atoms with E-state index in [2.05, 4.69) is 15.4 Å². The van der Waals surface area contributed by atoms with Crippen molar-refractivity contribution >= 4 is 39.1 Å². The number of methoxy groups -OCH3 is 1. The summed E-state index contributed by atoms with van der Waals surface area (Å²) in [6.45, 7) is 0.281. The lowest BCUT2D eigenvalue weighted by Gasteiger charge is -2.12. The molecule has 168 valence electrons. The average molecular weight is 478 g/mol. The van der Waals surface area contributed by atoms with Crippen molar-refractivity contribution in [2.75, 3.05) is 24.9 Å². The fraction of sp³-hybridized carbons (Fsp3) is 0.143. The van der Waals surface area contributed by atoms with Crippen LogP contribution in [0.15, 0.2) is 70.2 Å². The standard InChI is InChI=1S/C21H20ClN3O6S/c1-30-16-7-5-15(6-8-16)25-32(28,29)19-13-14(4-9-17(19)22)20(26)23-10-11-24-21(27)18-3-2-12-31-18/h2-9,12-13,25H,10-11H2,1H3,(H,23,26)(H,24,27). The van der Waals surface area contributed by atoms with Crippen LogP contribution in [0.4, 0.5) is 5.69 Å². The zero-order chi connectivity index (χ0) is 23.1. The van der Waals surface area contributed by atoms with Gasteiger partial charge in [0.05, 0.1) is 18.4 Å². The third-order valence-electron chi connectivity index (χ3n) is 4.27. The zero-order valence-electron chi connectivity index (χ0n) is 16.9. The molecule has 0 spiro atoms. The molecule has 0 aliphatic rings. The Balaban J connectivity index is 1.63. The van der Waals surface area contributed by atoms with Gasteiger partial charge >= 0.3 is 0 Å². The highest BCUT2D eigenvalue weighted by molar-refractivity contribution is 7.92. The van der Waals surface area contributed by atoms with Crippen molar-refractivity contribution in [3.63, 3.8) is 0 Å². The van der Waals surface area contributed by atoms with E-state index < -0.39 is 21.8 Å². The Bertz CT molecular complexity index is 1190. The Morgan fingerprint density at radius 1 is 1.00 bits per heavy atom.